The fourth-order valence-electron chi connectivity index (χ4n) is 1.42. The van der Waals surface area contributed by atoms with Crippen molar-refractivity contribution in [3.05, 3.63) is 0 Å². The largest absolute Gasteiger partial charge is 0.481 e. The summed E-state index contributed by atoms with van der Waals surface area (Å²) in [5.41, 5.74) is -0.735. The maximum absolute atomic E-state index is 11.5. The summed E-state index contributed by atoms with van der Waals surface area (Å²) in [6, 6.07) is 0. The molecule has 18 heavy (non-hydrogen) atoms. The molecule has 0 bridgehead atoms. The van der Waals surface area contributed by atoms with Gasteiger partial charge in [-0.2, -0.15) is 0 Å². The molecule has 0 spiro atoms. The van der Waals surface area contributed by atoms with Gasteiger partial charge in [0.2, 0.25) is 0 Å². The number of aliphatic carboxylic acids is 1. The second-order valence-corrected chi connectivity index (χ2v) is 6.54. The van der Waals surface area contributed by atoms with Gasteiger partial charge < -0.3 is 15.2 Å². The van der Waals surface area contributed by atoms with E-state index in [0.717, 1.165) is 0 Å². The number of alkyl carbamates (subject to hydrolysis) is 1. The minimum atomic E-state index is -0.860. The van der Waals surface area contributed by atoms with Crippen LogP contribution < -0.4 is 5.32 Å². The van der Waals surface area contributed by atoms with E-state index in [2.05, 4.69) is 5.32 Å². The Morgan fingerprint density at radius 1 is 1.17 bits per heavy atom. The molecule has 0 fully saturated rings. The normalized spacial score (nSPS) is 13.9. The Morgan fingerprint density at radius 2 is 1.67 bits per heavy atom. The number of amides is 1. The second-order valence-electron chi connectivity index (χ2n) is 6.54. The molecule has 106 valence electrons. The van der Waals surface area contributed by atoms with Crippen LogP contribution in [0.3, 0.4) is 0 Å². The first-order valence-electron chi connectivity index (χ1n) is 6.10. The van der Waals surface area contributed by atoms with Crippen molar-refractivity contribution in [2.24, 2.45) is 11.3 Å². The third kappa shape index (κ3) is 7.92. The van der Waals surface area contributed by atoms with Crippen LogP contribution in [0, 0.1) is 11.3 Å². The van der Waals surface area contributed by atoms with Crippen LogP contribution in [0.1, 0.15) is 48.0 Å². The Hall–Kier alpha value is -1.26. The molecule has 0 aliphatic carbocycles. The molecule has 0 aromatic carbocycles. The Kier molecular flexibility index (Phi) is 5.64. The van der Waals surface area contributed by atoms with Gasteiger partial charge in [0.15, 0.2) is 0 Å². The Bertz CT molecular complexity index is 299. The predicted octanol–water partition coefficient (Wildman–Crippen LogP) is 2.65. The van der Waals surface area contributed by atoms with Crippen molar-refractivity contribution in [1.29, 1.82) is 0 Å². The van der Waals surface area contributed by atoms with Gasteiger partial charge in [0.1, 0.15) is 5.60 Å². The van der Waals surface area contributed by atoms with Gasteiger partial charge in [-0.15, -0.1) is 0 Å². The molecule has 0 saturated heterocycles. The highest BCUT2D eigenvalue weighted by Crippen LogP contribution is 2.28. The van der Waals surface area contributed by atoms with E-state index in [4.69, 9.17) is 9.84 Å². The molecule has 0 aliphatic heterocycles. The van der Waals surface area contributed by atoms with E-state index in [1.807, 2.05) is 20.8 Å². The molecule has 0 heterocycles. The van der Waals surface area contributed by atoms with Crippen molar-refractivity contribution in [3.63, 3.8) is 0 Å². The molecule has 2 N–H and O–H groups in total. The third-order valence-electron chi connectivity index (χ3n) is 2.54. The average Bonchev–Trinajstić information content (AvgIpc) is 2.06. The zero-order chi connectivity index (χ0) is 14.6. The molecule has 0 rings (SSSR count). The lowest BCUT2D eigenvalue weighted by atomic mass is 9.79. The minimum absolute atomic E-state index is 0.0271. The summed E-state index contributed by atoms with van der Waals surface area (Å²) < 4.78 is 5.11. The van der Waals surface area contributed by atoms with Crippen molar-refractivity contribution in [3.8, 4) is 0 Å². The number of ether oxygens (including phenoxy) is 1. The fraction of sp³-hybridized carbons (Fsp3) is 0.846. The van der Waals surface area contributed by atoms with Crippen LogP contribution in [0.2, 0.25) is 0 Å². The minimum Gasteiger partial charge on any atom is -0.481 e. The average molecular weight is 259 g/mol. The summed E-state index contributed by atoms with van der Waals surface area (Å²) in [7, 11) is 0. The molecular formula is C13H25NO4. The van der Waals surface area contributed by atoms with Gasteiger partial charge in [-0.1, -0.05) is 20.8 Å². The molecule has 0 saturated carbocycles. The van der Waals surface area contributed by atoms with E-state index in [9.17, 15) is 9.59 Å². The summed E-state index contributed by atoms with van der Waals surface area (Å²) in [6.45, 7) is 11.5. The lowest BCUT2D eigenvalue weighted by Gasteiger charge is -2.30. The van der Waals surface area contributed by atoms with Gasteiger partial charge in [-0.3, -0.25) is 4.79 Å². The van der Waals surface area contributed by atoms with E-state index >= 15 is 0 Å². The molecule has 5 nitrogen and oxygen atoms in total. The van der Waals surface area contributed by atoms with Crippen molar-refractivity contribution in [2.45, 2.75) is 53.6 Å². The van der Waals surface area contributed by atoms with Gasteiger partial charge >= 0.3 is 12.1 Å². The van der Waals surface area contributed by atoms with Crippen LogP contribution in [0.5, 0.6) is 0 Å². The highest BCUT2D eigenvalue weighted by molar-refractivity contribution is 5.69. The van der Waals surface area contributed by atoms with Crippen molar-refractivity contribution in [2.75, 3.05) is 6.54 Å². The van der Waals surface area contributed by atoms with Crippen LogP contribution in [0.15, 0.2) is 0 Å². The predicted molar refractivity (Wildman–Crippen MR) is 69.4 cm³/mol. The summed E-state index contributed by atoms with van der Waals surface area (Å²) in [5.74, 6) is -0.997. The first-order chi connectivity index (χ1) is 7.92. The SMILES string of the molecule is CC(C)(C)OC(=O)NCC(CC(=O)O)C(C)(C)C. The van der Waals surface area contributed by atoms with E-state index in [0.29, 0.717) is 6.54 Å². The topological polar surface area (TPSA) is 75.6 Å². The van der Waals surface area contributed by atoms with Crippen LogP contribution in [-0.2, 0) is 9.53 Å². The number of hydrogen-bond donors (Lipinski definition) is 2. The zero-order valence-corrected chi connectivity index (χ0v) is 12.2. The Labute approximate surface area is 109 Å². The Morgan fingerprint density at radius 3 is 2.00 bits per heavy atom. The number of carbonyl (C=O) groups is 2. The summed E-state index contributed by atoms with van der Waals surface area (Å²) in [5, 5.41) is 11.5. The maximum atomic E-state index is 11.5. The number of carboxylic acid groups (broad SMARTS) is 1. The van der Waals surface area contributed by atoms with Gasteiger partial charge in [0.25, 0.3) is 0 Å². The quantitative estimate of drug-likeness (QED) is 0.813. The van der Waals surface area contributed by atoms with Crippen molar-refractivity contribution < 1.29 is 19.4 Å². The number of nitrogens with one attached hydrogen (secondary N) is 1. The van der Waals surface area contributed by atoms with Crippen molar-refractivity contribution in [1.82, 2.24) is 5.32 Å². The number of hydrogen-bond acceptors (Lipinski definition) is 3. The zero-order valence-electron chi connectivity index (χ0n) is 12.2. The summed E-state index contributed by atoms with van der Waals surface area (Å²) in [6.07, 6.45) is -0.485. The lowest BCUT2D eigenvalue weighted by Crippen LogP contribution is -2.39. The van der Waals surface area contributed by atoms with Gasteiger partial charge in [0, 0.05) is 6.54 Å². The number of rotatable bonds is 4. The molecular weight excluding hydrogens is 234 g/mol. The summed E-state index contributed by atoms with van der Waals surface area (Å²) in [4.78, 5) is 22.3. The maximum Gasteiger partial charge on any atom is 0.407 e. The fourth-order valence-corrected chi connectivity index (χ4v) is 1.42. The van der Waals surface area contributed by atoms with Crippen LogP contribution in [-0.4, -0.2) is 29.3 Å². The van der Waals surface area contributed by atoms with Gasteiger partial charge in [-0.25, -0.2) is 4.79 Å². The van der Waals surface area contributed by atoms with E-state index < -0.39 is 17.7 Å². The molecule has 0 aromatic rings. The monoisotopic (exact) mass is 259 g/mol. The molecule has 0 aliphatic rings. The van der Waals surface area contributed by atoms with E-state index in [-0.39, 0.29) is 17.8 Å². The number of carboxylic acids is 1. The smallest absolute Gasteiger partial charge is 0.407 e. The first kappa shape index (κ1) is 16.7. The third-order valence-corrected chi connectivity index (χ3v) is 2.54. The molecule has 1 atom stereocenters. The first-order valence-corrected chi connectivity index (χ1v) is 6.10. The van der Waals surface area contributed by atoms with Crippen LogP contribution >= 0.6 is 0 Å². The molecule has 0 radical (unpaired) electrons. The van der Waals surface area contributed by atoms with Gasteiger partial charge in [-0.05, 0) is 32.1 Å². The van der Waals surface area contributed by atoms with E-state index in [1.54, 1.807) is 20.8 Å². The van der Waals surface area contributed by atoms with Crippen LogP contribution in [0.4, 0.5) is 4.79 Å². The molecule has 0 aromatic heterocycles. The molecule has 5 heteroatoms. The molecule has 1 amide bonds. The standard InChI is InChI=1S/C13H25NO4/c1-12(2,3)9(7-10(15)16)8-14-11(17)18-13(4,5)6/h9H,7-8H2,1-6H3,(H,14,17)(H,15,16). The Balaban J connectivity index is 4.36. The highest BCUT2D eigenvalue weighted by atomic mass is 16.6. The van der Waals surface area contributed by atoms with Gasteiger partial charge in [0.05, 0.1) is 6.42 Å². The summed E-state index contributed by atoms with van der Waals surface area (Å²) >= 11 is 0. The number of carbonyl (C=O) groups excluding carboxylic acids is 1. The highest BCUT2D eigenvalue weighted by Gasteiger charge is 2.28. The van der Waals surface area contributed by atoms with Crippen LogP contribution in [0.25, 0.3) is 0 Å². The lowest BCUT2D eigenvalue weighted by molar-refractivity contribution is -0.139. The van der Waals surface area contributed by atoms with E-state index in [1.165, 1.54) is 0 Å². The second kappa shape index (κ2) is 6.07. The van der Waals surface area contributed by atoms with Crippen molar-refractivity contribution >= 4 is 12.1 Å². The molecule has 1 unspecified atom stereocenters.